The smallest absolute Gasteiger partial charge is 0.308 e. The summed E-state index contributed by atoms with van der Waals surface area (Å²) in [6, 6.07) is 15.3. The Balaban J connectivity index is 1.53. The van der Waals surface area contributed by atoms with Crippen molar-refractivity contribution in [2.45, 2.75) is 0 Å². The number of carbonyl (C=O) groups is 2. The van der Waals surface area contributed by atoms with Crippen LogP contribution in [0.15, 0.2) is 79.4 Å². The van der Waals surface area contributed by atoms with Gasteiger partial charge < -0.3 is 10.6 Å². The largest absolute Gasteiger partial charge is 0.323 e. The summed E-state index contributed by atoms with van der Waals surface area (Å²) >= 11 is 0. The van der Waals surface area contributed by atoms with Gasteiger partial charge in [-0.1, -0.05) is 6.07 Å². The quantitative estimate of drug-likeness (QED) is 0.584. The first-order valence-corrected chi connectivity index (χ1v) is 8.25. The van der Waals surface area contributed by atoms with Gasteiger partial charge in [0.1, 0.15) is 5.65 Å². The van der Waals surface area contributed by atoms with Crippen LogP contribution in [0.5, 0.6) is 0 Å². The molecular formula is C20H15N5O2. The third-order valence-corrected chi connectivity index (χ3v) is 3.95. The Morgan fingerprint density at radius 3 is 2.56 bits per heavy atom. The van der Waals surface area contributed by atoms with Crippen molar-refractivity contribution in [1.82, 2.24) is 14.5 Å². The second-order valence-corrected chi connectivity index (χ2v) is 5.81. The molecule has 2 N–H and O–H groups in total. The minimum absolute atomic E-state index is 0.222. The number of carbonyl (C=O) groups excluding carboxylic acids is 2. The van der Waals surface area contributed by atoms with Crippen molar-refractivity contribution >= 4 is 34.3 Å². The van der Waals surface area contributed by atoms with Crippen molar-refractivity contribution in [2.75, 3.05) is 10.6 Å². The molecule has 3 aromatic heterocycles. The highest BCUT2D eigenvalue weighted by molar-refractivity contribution is 6.03. The van der Waals surface area contributed by atoms with E-state index in [1.807, 2.05) is 18.2 Å². The van der Waals surface area contributed by atoms with Crippen LogP contribution in [-0.4, -0.2) is 26.5 Å². The van der Waals surface area contributed by atoms with Crippen molar-refractivity contribution in [2.24, 2.45) is 0 Å². The van der Waals surface area contributed by atoms with Crippen LogP contribution in [0.25, 0.3) is 11.0 Å². The molecule has 0 unspecified atom stereocenters. The van der Waals surface area contributed by atoms with Crippen molar-refractivity contribution in [3.8, 4) is 0 Å². The van der Waals surface area contributed by atoms with Crippen molar-refractivity contribution in [1.29, 1.82) is 0 Å². The molecule has 132 valence electrons. The van der Waals surface area contributed by atoms with Gasteiger partial charge in [0.15, 0.2) is 0 Å². The molecule has 4 aromatic rings. The highest BCUT2D eigenvalue weighted by Crippen LogP contribution is 2.17. The van der Waals surface area contributed by atoms with Crippen molar-refractivity contribution in [3.05, 3.63) is 84.9 Å². The summed E-state index contributed by atoms with van der Waals surface area (Å²) in [7, 11) is 0. The van der Waals surface area contributed by atoms with Crippen LogP contribution in [0.4, 0.5) is 16.2 Å². The van der Waals surface area contributed by atoms with E-state index in [1.54, 1.807) is 61.2 Å². The lowest BCUT2D eigenvalue weighted by molar-refractivity contribution is 0.0964. The van der Waals surface area contributed by atoms with Crippen LogP contribution in [0.2, 0.25) is 0 Å². The number of anilines is 2. The number of aromatic nitrogens is 3. The summed E-state index contributed by atoms with van der Waals surface area (Å²) in [6.45, 7) is 0. The van der Waals surface area contributed by atoms with Gasteiger partial charge in [-0.15, -0.1) is 0 Å². The second-order valence-electron chi connectivity index (χ2n) is 5.81. The zero-order valence-corrected chi connectivity index (χ0v) is 14.2. The van der Waals surface area contributed by atoms with E-state index in [-0.39, 0.29) is 5.91 Å². The van der Waals surface area contributed by atoms with Crippen molar-refractivity contribution in [3.63, 3.8) is 0 Å². The molecule has 0 saturated carbocycles. The fourth-order valence-electron chi connectivity index (χ4n) is 2.73. The number of fused-ring (bicyclic) bond motifs is 1. The first-order chi connectivity index (χ1) is 13.2. The van der Waals surface area contributed by atoms with Gasteiger partial charge in [0.05, 0.1) is 11.9 Å². The van der Waals surface area contributed by atoms with E-state index in [4.69, 9.17) is 0 Å². The Bertz CT molecular complexity index is 1120. The van der Waals surface area contributed by atoms with Crippen LogP contribution in [0, 0.1) is 0 Å². The maximum Gasteiger partial charge on any atom is 0.323 e. The lowest BCUT2D eigenvalue weighted by Gasteiger charge is -2.09. The van der Waals surface area contributed by atoms with E-state index in [9.17, 15) is 9.59 Å². The third-order valence-electron chi connectivity index (χ3n) is 3.95. The first kappa shape index (κ1) is 16.5. The highest BCUT2D eigenvalue weighted by atomic mass is 16.2. The molecule has 3 heterocycles. The maximum absolute atomic E-state index is 12.8. The first-order valence-electron chi connectivity index (χ1n) is 8.25. The summed E-state index contributed by atoms with van der Waals surface area (Å²) in [5.74, 6) is -0.222. The molecule has 0 spiro atoms. The number of nitrogens with one attached hydrogen (secondary N) is 2. The molecule has 0 aliphatic rings. The molecule has 0 radical (unpaired) electrons. The number of hydrogen-bond acceptors (Lipinski definition) is 4. The summed E-state index contributed by atoms with van der Waals surface area (Å²) in [5, 5.41) is 6.28. The molecule has 0 aliphatic carbocycles. The van der Waals surface area contributed by atoms with Gasteiger partial charge in [0, 0.05) is 35.2 Å². The number of rotatable bonds is 3. The Morgan fingerprint density at radius 1 is 0.889 bits per heavy atom. The SMILES string of the molecule is O=C(Nc1cccnc1)Nc1cccc(C(=O)n2ccc3cccnc32)c1. The van der Waals surface area contributed by atoms with E-state index in [0.717, 1.165) is 5.39 Å². The van der Waals surface area contributed by atoms with Gasteiger partial charge in [-0.2, -0.15) is 0 Å². The normalized spacial score (nSPS) is 10.5. The van der Waals surface area contributed by atoms with E-state index in [1.165, 1.54) is 4.57 Å². The monoisotopic (exact) mass is 357 g/mol. The fourth-order valence-corrected chi connectivity index (χ4v) is 2.73. The molecule has 0 atom stereocenters. The lowest BCUT2D eigenvalue weighted by Crippen LogP contribution is -2.20. The minimum Gasteiger partial charge on any atom is -0.308 e. The number of urea groups is 1. The molecule has 0 aliphatic heterocycles. The highest BCUT2D eigenvalue weighted by Gasteiger charge is 2.13. The van der Waals surface area contributed by atoms with Crippen LogP contribution < -0.4 is 10.6 Å². The van der Waals surface area contributed by atoms with Crippen molar-refractivity contribution < 1.29 is 9.59 Å². The minimum atomic E-state index is -0.416. The molecular weight excluding hydrogens is 342 g/mol. The molecule has 1 aromatic carbocycles. The third kappa shape index (κ3) is 3.52. The van der Waals surface area contributed by atoms with E-state index < -0.39 is 6.03 Å². The zero-order valence-electron chi connectivity index (χ0n) is 14.2. The number of nitrogens with zero attached hydrogens (tertiary/aromatic N) is 3. The van der Waals surface area contributed by atoms with Crippen LogP contribution >= 0.6 is 0 Å². The molecule has 7 heteroatoms. The van der Waals surface area contributed by atoms with Gasteiger partial charge in [-0.3, -0.25) is 14.3 Å². The van der Waals surface area contributed by atoms with Gasteiger partial charge in [0.2, 0.25) is 0 Å². The Morgan fingerprint density at radius 2 is 1.70 bits per heavy atom. The van der Waals surface area contributed by atoms with Gasteiger partial charge >= 0.3 is 6.03 Å². The molecule has 2 amide bonds. The van der Waals surface area contributed by atoms with E-state index in [2.05, 4.69) is 20.6 Å². The Labute approximate surface area is 154 Å². The number of amides is 2. The molecule has 4 rings (SSSR count). The standard InChI is InChI=1S/C20H15N5O2/c26-19(25-11-8-14-5-2-10-22-18(14)25)15-4-1-6-16(12-15)23-20(27)24-17-7-3-9-21-13-17/h1-13H,(H2,23,24,27). The molecule has 0 saturated heterocycles. The zero-order chi connectivity index (χ0) is 18.6. The summed E-state index contributed by atoms with van der Waals surface area (Å²) in [4.78, 5) is 33.2. The number of hydrogen-bond donors (Lipinski definition) is 2. The van der Waals surface area contributed by atoms with Crippen LogP contribution in [0.3, 0.4) is 0 Å². The summed E-state index contributed by atoms with van der Waals surface area (Å²) < 4.78 is 1.49. The maximum atomic E-state index is 12.8. The Kier molecular flexibility index (Phi) is 4.32. The van der Waals surface area contributed by atoms with Crippen LogP contribution in [0.1, 0.15) is 10.4 Å². The average molecular weight is 357 g/mol. The lowest BCUT2D eigenvalue weighted by atomic mass is 10.2. The molecule has 0 fully saturated rings. The van der Waals surface area contributed by atoms with E-state index >= 15 is 0 Å². The molecule has 0 bridgehead atoms. The van der Waals surface area contributed by atoms with Gasteiger partial charge in [-0.25, -0.2) is 9.78 Å². The topological polar surface area (TPSA) is 88.9 Å². The Hall–Kier alpha value is -4.00. The van der Waals surface area contributed by atoms with Crippen LogP contribution in [-0.2, 0) is 0 Å². The van der Waals surface area contributed by atoms with E-state index in [0.29, 0.717) is 22.6 Å². The second kappa shape index (κ2) is 7.09. The fraction of sp³-hybridized carbons (Fsp3) is 0. The summed E-state index contributed by atoms with van der Waals surface area (Å²) in [6.07, 6.45) is 6.50. The summed E-state index contributed by atoms with van der Waals surface area (Å²) in [5.41, 5.74) is 2.12. The molecule has 27 heavy (non-hydrogen) atoms. The van der Waals surface area contributed by atoms with Gasteiger partial charge in [0.25, 0.3) is 5.91 Å². The average Bonchev–Trinajstić information content (AvgIpc) is 3.12. The number of benzene rings is 1. The number of pyridine rings is 2. The predicted molar refractivity (Wildman–Crippen MR) is 103 cm³/mol. The predicted octanol–water partition coefficient (Wildman–Crippen LogP) is 3.76. The van der Waals surface area contributed by atoms with Gasteiger partial charge in [-0.05, 0) is 48.5 Å². The molecule has 7 nitrogen and oxygen atoms in total.